The normalized spacial score (nSPS) is 11.6. The van der Waals surface area contributed by atoms with Gasteiger partial charge >= 0.3 is 0 Å². The van der Waals surface area contributed by atoms with Crippen LogP contribution in [0, 0.1) is 0 Å². The van der Waals surface area contributed by atoms with Crippen molar-refractivity contribution in [2.75, 3.05) is 11.5 Å². The van der Waals surface area contributed by atoms with Gasteiger partial charge in [-0.3, -0.25) is 10.2 Å². The molecule has 2 rings (SSSR count). The first-order valence-corrected chi connectivity index (χ1v) is 4.34. The first kappa shape index (κ1) is 11.1. The van der Waals surface area contributed by atoms with Crippen molar-refractivity contribution < 1.29 is 5.11 Å². The van der Waals surface area contributed by atoms with E-state index in [1.54, 1.807) is 19.3 Å². The van der Waals surface area contributed by atoms with E-state index in [4.69, 9.17) is 16.6 Å². The number of rotatable bonds is 1. The fourth-order valence-corrected chi connectivity index (χ4v) is 0.913. The maximum Gasteiger partial charge on any atom is 0.142 e. The second-order valence-corrected chi connectivity index (χ2v) is 2.88. The molecule has 0 aliphatic carbocycles. The molecule has 0 bridgehead atoms. The number of hydrogen-bond acceptors (Lipinski definition) is 5. The molecular weight excluding hydrogens is 196 g/mol. The minimum absolute atomic E-state index is 0.302. The molecule has 0 radical (unpaired) electrons. The summed E-state index contributed by atoms with van der Waals surface area (Å²) in [4.78, 5) is 0. The summed E-state index contributed by atoms with van der Waals surface area (Å²) in [7, 11) is 0. The minimum Gasteiger partial charge on any atom is -0.394 e. The summed E-state index contributed by atoms with van der Waals surface area (Å²) in [6.07, 6.45) is 2.79. The lowest BCUT2D eigenvalue weighted by Gasteiger charge is -1.98. The van der Waals surface area contributed by atoms with E-state index in [0.717, 1.165) is 0 Å². The Kier molecular flexibility index (Phi) is 3.69. The van der Waals surface area contributed by atoms with E-state index in [0.29, 0.717) is 17.2 Å². The summed E-state index contributed by atoms with van der Waals surface area (Å²) in [6, 6.07) is 1.83. The van der Waals surface area contributed by atoms with Gasteiger partial charge in [0.2, 0.25) is 0 Å². The fraction of sp³-hybridized carbons (Fsp3) is 0.250. The summed E-state index contributed by atoms with van der Waals surface area (Å²) in [5.41, 5.74) is 11.5. The molecule has 0 amide bonds. The number of aromatic nitrogens is 4. The third-order valence-corrected chi connectivity index (χ3v) is 1.66. The van der Waals surface area contributed by atoms with Crippen molar-refractivity contribution in [1.82, 2.24) is 20.4 Å². The Hall–Kier alpha value is -2.02. The van der Waals surface area contributed by atoms with Crippen LogP contribution in [0.5, 0.6) is 0 Å². The minimum atomic E-state index is -0.673. The van der Waals surface area contributed by atoms with Gasteiger partial charge in [0.15, 0.2) is 0 Å². The highest BCUT2D eigenvalue weighted by Crippen LogP contribution is 2.21. The number of nitrogens with one attached hydrogen (secondary N) is 2. The van der Waals surface area contributed by atoms with Gasteiger partial charge in [-0.05, 0) is 13.0 Å². The summed E-state index contributed by atoms with van der Waals surface area (Å²) < 4.78 is 0. The van der Waals surface area contributed by atoms with Crippen molar-refractivity contribution in [3.63, 3.8) is 0 Å². The Bertz CT molecular complexity index is 363. The molecule has 2 aromatic rings. The standard InChI is InChI=1S/C5H10N4O.C3H4N2/c1-2(10)4-3(6)5(7)9-8-4;1-2-4-5-3-1/h2,10H,6H2,1H3,(H3,7,8,9);1-3H,(H,4,5). The van der Waals surface area contributed by atoms with Crippen molar-refractivity contribution in [3.8, 4) is 0 Å². The molecule has 2 heterocycles. The smallest absolute Gasteiger partial charge is 0.142 e. The Balaban J connectivity index is 0.000000187. The molecule has 7 N–H and O–H groups in total. The number of nitrogen functional groups attached to an aromatic ring is 2. The van der Waals surface area contributed by atoms with Gasteiger partial charge in [-0.1, -0.05) is 0 Å². The molecule has 0 aliphatic heterocycles. The first-order valence-electron chi connectivity index (χ1n) is 4.34. The quantitative estimate of drug-likeness (QED) is 0.453. The zero-order valence-corrected chi connectivity index (χ0v) is 8.31. The summed E-state index contributed by atoms with van der Waals surface area (Å²) in [6.45, 7) is 1.58. The zero-order valence-electron chi connectivity index (χ0n) is 8.31. The van der Waals surface area contributed by atoms with Crippen LogP contribution in [-0.4, -0.2) is 25.5 Å². The van der Waals surface area contributed by atoms with Crippen LogP contribution in [0.4, 0.5) is 11.5 Å². The van der Waals surface area contributed by atoms with Crippen LogP contribution in [0.1, 0.15) is 18.7 Å². The number of nitrogens with zero attached hydrogens (tertiary/aromatic N) is 2. The van der Waals surface area contributed by atoms with Crippen LogP contribution in [0.25, 0.3) is 0 Å². The van der Waals surface area contributed by atoms with Gasteiger partial charge in [0.05, 0.1) is 6.10 Å². The number of H-pyrrole nitrogens is 2. The zero-order chi connectivity index (χ0) is 11.3. The highest BCUT2D eigenvalue weighted by Gasteiger charge is 2.10. The van der Waals surface area contributed by atoms with Gasteiger partial charge in [0.25, 0.3) is 0 Å². The van der Waals surface area contributed by atoms with Crippen molar-refractivity contribution >= 4 is 11.5 Å². The molecule has 0 fully saturated rings. The number of aromatic amines is 2. The van der Waals surface area contributed by atoms with Gasteiger partial charge in [0.1, 0.15) is 17.2 Å². The van der Waals surface area contributed by atoms with Crippen LogP contribution in [0.2, 0.25) is 0 Å². The second-order valence-electron chi connectivity index (χ2n) is 2.88. The fourth-order valence-electron chi connectivity index (χ4n) is 0.913. The lowest BCUT2D eigenvalue weighted by atomic mass is 10.2. The number of anilines is 2. The van der Waals surface area contributed by atoms with Crippen molar-refractivity contribution in [2.45, 2.75) is 13.0 Å². The van der Waals surface area contributed by atoms with Crippen molar-refractivity contribution in [2.24, 2.45) is 0 Å². The van der Waals surface area contributed by atoms with Crippen LogP contribution < -0.4 is 11.5 Å². The van der Waals surface area contributed by atoms with E-state index in [1.165, 1.54) is 0 Å². The number of aliphatic hydroxyl groups is 1. The van der Waals surface area contributed by atoms with E-state index in [1.807, 2.05) is 6.07 Å². The summed E-state index contributed by atoms with van der Waals surface area (Å²) >= 11 is 0. The molecule has 0 aromatic carbocycles. The molecule has 1 unspecified atom stereocenters. The number of aliphatic hydroxyl groups excluding tert-OH is 1. The van der Waals surface area contributed by atoms with E-state index in [-0.39, 0.29) is 0 Å². The predicted octanol–water partition coefficient (Wildman–Crippen LogP) is 0.0371. The van der Waals surface area contributed by atoms with Crippen LogP contribution in [0.3, 0.4) is 0 Å². The van der Waals surface area contributed by atoms with E-state index < -0.39 is 6.10 Å². The number of hydrogen-bond donors (Lipinski definition) is 5. The SMILES string of the molecule is CC(O)c1n[nH]c(N)c1N.c1cn[nH]c1. The van der Waals surface area contributed by atoms with Gasteiger partial charge in [-0.2, -0.15) is 10.2 Å². The lowest BCUT2D eigenvalue weighted by molar-refractivity contribution is 0.195. The predicted molar refractivity (Wildman–Crippen MR) is 56.6 cm³/mol. The maximum atomic E-state index is 9.00. The third-order valence-electron chi connectivity index (χ3n) is 1.66. The molecule has 1 atom stereocenters. The molecule has 2 aromatic heterocycles. The Morgan fingerprint density at radius 1 is 1.47 bits per heavy atom. The van der Waals surface area contributed by atoms with Crippen molar-refractivity contribution in [1.29, 1.82) is 0 Å². The van der Waals surface area contributed by atoms with Crippen molar-refractivity contribution in [3.05, 3.63) is 24.2 Å². The highest BCUT2D eigenvalue weighted by molar-refractivity contribution is 5.61. The molecule has 0 spiro atoms. The maximum absolute atomic E-state index is 9.00. The van der Waals surface area contributed by atoms with Gasteiger partial charge in [-0.15, -0.1) is 0 Å². The van der Waals surface area contributed by atoms with Gasteiger partial charge < -0.3 is 16.6 Å². The molecule has 0 saturated carbocycles. The topological polar surface area (TPSA) is 130 Å². The molecule has 0 saturated heterocycles. The lowest BCUT2D eigenvalue weighted by Crippen LogP contribution is -1.98. The van der Waals surface area contributed by atoms with Crippen LogP contribution >= 0.6 is 0 Å². The Morgan fingerprint density at radius 2 is 2.20 bits per heavy atom. The first-order chi connectivity index (χ1) is 7.13. The third kappa shape index (κ3) is 2.99. The molecule has 7 nitrogen and oxygen atoms in total. The monoisotopic (exact) mass is 210 g/mol. The van der Waals surface area contributed by atoms with E-state index in [2.05, 4.69) is 20.4 Å². The molecule has 15 heavy (non-hydrogen) atoms. The Morgan fingerprint density at radius 3 is 2.40 bits per heavy atom. The van der Waals surface area contributed by atoms with E-state index in [9.17, 15) is 0 Å². The average molecular weight is 210 g/mol. The summed E-state index contributed by atoms with van der Waals surface area (Å²) in [5.74, 6) is 0.302. The van der Waals surface area contributed by atoms with E-state index >= 15 is 0 Å². The highest BCUT2D eigenvalue weighted by atomic mass is 16.3. The van der Waals surface area contributed by atoms with Crippen LogP contribution in [-0.2, 0) is 0 Å². The largest absolute Gasteiger partial charge is 0.394 e. The average Bonchev–Trinajstić information content (AvgIpc) is 2.81. The number of nitrogens with two attached hydrogens (primary N) is 2. The molecule has 7 heteroatoms. The molecular formula is C8H14N6O. The Labute approximate surface area is 86.5 Å². The van der Waals surface area contributed by atoms with Gasteiger partial charge in [-0.25, -0.2) is 0 Å². The van der Waals surface area contributed by atoms with Crippen LogP contribution in [0.15, 0.2) is 18.5 Å². The molecule has 0 aliphatic rings. The molecule has 82 valence electrons. The summed E-state index contributed by atoms with van der Waals surface area (Å²) in [5, 5.41) is 21.4. The van der Waals surface area contributed by atoms with Gasteiger partial charge in [0, 0.05) is 12.4 Å². The second kappa shape index (κ2) is 5.01.